The number of sulfonamides is 1. The van der Waals surface area contributed by atoms with Crippen molar-refractivity contribution >= 4 is 42.6 Å². The molecule has 7 nitrogen and oxygen atoms in total. The van der Waals surface area contributed by atoms with Gasteiger partial charge in [0.15, 0.2) is 5.13 Å². The summed E-state index contributed by atoms with van der Waals surface area (Å²) in [6.07, 6.45) is 0. The third-order valence-corrected chi connectivity index (χ3v) is 7.03. The Morgan fingerprint density at radius 1 is 1.21 bits per heavy atom. The maximum atomic E-state index is 12.6. The molecule has 0 saturated heterocycles. The summed E-state index contributed by atoms with van der Waals surface area (Å²) in [5.41, 5.74) is 1.04. The number of carbonyl (C=O) groups excluding carboxylic acids is 1. The minimum atomic E-state index is -3.54. The van der Waals surface area contributed by atoms with Gasteiger partial charge in [0.2, 0.25) is 10.0 Å². The van der Waals surface area contributed by atoms with E-state index in [2.05, 4.69) is 10.3 Å². The predicted octanol–water partition coefficient (Wildman–Crippen LogP) is 3.59. The van der Waals surface area contributed by atoms with Crippen LogP contribution in [0.5, 0.6) is 5.75 Å². The normalized spacial score (nSPS) is 11.7. The van der Waals surface area contributed by atoms with Gasteiger partial charge in [-0.1, -0.05) is 30.4 Å². The van der Waals surface area contributed by atoms with E-state index < -0.39 is 10.0 Å². The number of aromatic nitrogens is 1. The summed E-state index contributed by atoms with van der Waals surface area (Å²) in [5, 5.41) is 3.16. The average molecular weight is 420 g/mol. The molecule has 1 amide bonds. The van der Waals surface area contributed by atoms with Crippen LogP contribution in [0.3, 0.4) is 0 Å². The first kappa shape index (κ1) is 20.2. The lowest BCUT2D eigenvalue weighted by Gasteiger charge is -2.14. The van der Waals surface area contributed by atoms with Gasteiger partial charge in [-0.3, -0.25) is 10.1 Å². The Hall–Kier alpha value is -2.49. The van der Waals surface area contributed by atoms with E-state index in [1.165, 1.54) is 28.8 Å². The number of anilines is 1. The minimum absolute atomic E-state index is 0.201. The molecule has 1 N–H and O–H groups in total. The first-order valence-electron chi connectivity index (χ1n) is 8.77. The van der Waals surface area contributed by atoms with Crippen LogP contribution >= 0.6 is 11.3 Å². The van der Waals surface area contributed by atoms with E-state index in [9.17, 15) is 13.2 Å². The van der Waals surface area contributed by atoms with Crippen molar-refractivity contribution in [1.29, 1.82) is 0 Å². The minimum Gasteiger partial charge on any atom is -0.493 e. The molecule has 0 saturated carbocycles. The molecule has 0 fully saturated rings. The zero-order chi connectivity index (χ0) is 20.3. The topological polar surface area (TPSA) is 88.6 Å². The predicted molar refractivity (Wildman–Crippen MR) is 111 cm³/mol. The van der Waals surface area contributed by atoms with Crippen LogP contribution in [-0.2, 0) is 10.0 Å². The largest absolute Gasteiger partial charge is 0.493 e. The fourth-order valence-corrected chi connectivity index (χ4v) is 4.75. The van der Waals surface area contributed by atoms with Crippen LogP contribution in [0.15, 0.2) is 47.4 Å². The molecule has 3 rings (SSSR count). The summed E-state index contributed by atoms with van der Waals surface area (Å²) in [6.45, 7) is 4.46. The van der Waals surface area contributed by atoms with Gasteiger partial charge in [-0.25, -0.2) is 17.7 Å². The maximum absolute atomic E-state index is 12.6. The molecule has 0 spiro atoms. The van der Waals surface area contributed by atoms with Crippen LogP contribution in [0, 0.1) is 0 Å². The second-order valence-corrected chi connectivity index (χ2v) is 9.03. The molecular formula is C19H21N3O4S2. The molecule has 0 aliphatic carbocycles. The smallest absolute Gasteiger partial charge is 0.261 e. The van der Waals surface area contributed by atoms with Gasteiger partial charge in [-0.2, -0.15) is 0 Å². The first-order valence-corrected chi connectivity index (χ1v) is 11.0. The number of fused-ring (bicyclic) bond motifs is 1. The number of ether oxygens (including phenoxy) is 1. The van der Waals surface area contributed by atoms with Crippen LogP contribution in [0.2, 0.25) is 0 Å². The molecule has 0 bridgehead atoms. The lowest BCUT2D eigenvalue weighted by Crippen LogP contribution is -2.26. The van der Waals surface area contributed by atoms with Crippen molar-refractivity contribution in [2.75, 3.05) is 25.5 Å². The Bertz CT molecular complexity index is 1110. The third-order valence-electron chi connectivity index (χ3n) is 4.17. The number of benzene rings is 2. The summed E-state index contributed by atoms with van der Waals surface area (Å²) in [4.78, 5) is 17.2. The highest BCUT2D eigenvalue weighted by atomic mass is 32.2. The number of rotatable bonds is 7. The zero-order valence-corrected chi connectivity index (χ0v) is 17.4. The number of nitrogens with zero attached hydrogens (tertiary/aromatic N) is 2. The monoisotopic (exact) mass is 419 g/mol. The number of nitrogens with one attached hydrogen (secondary N) is 1. The standard InChI is InChI=1S/C19H21N3O4S2/c1-4-22(3)28(24,25)13-10-11-15-17(12-13)27-19(20-15)21-18(23)14-8-6-7-9-16(14)26-5-2/h6-12H,4-5H2,1-3H3,(H,20,21,23). The van der Waals surface area contributed by atoms with Gasteiger partial charge in [0, 0.05) is 13.6 Å². The molecule has 0 atom stereocenters. The van der Waals surface area contributed by atoms with Crippen molar-refractivity contribution in [3.8, 4) is 5.75 Å². The number of carbonyl (C=O) groups is 1. The third kappa shape index (κ3) is 4.01. The lowest BCUT2D eigenvalue weighted by molar-refractivity contribution is 0.102. The van der Waals surface area contributed by atoms with Crippen molar-refractivity contribution in [2.24, 2.45) is 0 Å². The lowest BCUT2D eigenvalue weighted by atomic mass is 10.2. The van der Waals surface area contributed by atoms with Crippen molar-refractivity contribution in [3.63, 3.8) is 0 Å². The Balaban J connectivity index is 1.88. The highest BCUT2D eigenvalue weighted by Crippen LogP contribution is 2.30. The van der Waals surface area contributed by atoms with Gasteiger partial charge in [0.05, 0.1) is 27.3 Å². The summed E-state index contributed by atoms with van der Waals surface area (Å²) in [7, 11) is -2.01. The molecule has 0 radical (unpaired) electrons. The van der Waals surface area contributed by atoms with Crippen molar-refractivity contribution in [2.45, 2.75) is 18.7 Å². The van der Waals surface area contributed by atoms with E-state index >= 15 is 0 Å². The van der Waals surface area contributed by atoms with E-state index in [0.717, 1.165) is 0 Å². The van der Waals surface area contributed by atoms with Crippen molar-refractivity contribution in [1.82, 2.24) is 9.29 Å². The van der Waals surface area contributed by atoms with Crippen LogP contribution in [0.1, 0.15) is 24.2 Å². The van der Waals surface area contributed by atoms with Crippen LogP contribution in [0.25, 0.3) is 10.2 Å². The van der Waals surface area contributed by atoms with E-state index in [-0.39, 0.29) is 10.8 Å². The van der Waals surface area contributed by atoms with E-state index in [4.69, 9.17) is 4.74 Å². The Labute approximate surface area is 168 Å². The van der Waals surface area contributed by atoms with E-state index in [1.807, 2.05) is 6.92 Å². The summed E-state index contributed by atoms with van der Waals surface area (Å²) >= 11 is 1.22. The van der Waals surface area contributed by atoms with Gasteiger partial charge in [0.1, 0.15) is 5.75 Å². The van der Waals surface area contributed by atoms with E-state index in [0.29, 0.717) is 39.8 Å². The molecule has 0 unspecified atom stereocenters. The highest BCUT2D eigenvalue weighted by Gasteiger charge is 2.21. The van der Waals surface area contributed by atoms with Crippen molar-refractivity contribution < 1.29 is 17.9 Å². The van der Waals surface area contributed by atoms with Crippen LogP contribution < -0.4 is 10.1 Å². The second kappa shape index (κ2) is 8.26. The Morgan fingerprint density at radius 3 is 2.68 bits per heavy atom. The van der Waals surface area contributed by atoms with Gasteiger partial charge >= 0.3 is 0 Å². The molecule has 148 valence electrons. The Morgan fingerprint density at radius 2 is 1.96 bits per heavy atom. The molecule has 3 aromatic rings. The average Bonchev–Trinajstić information content (AvgIpc) is 3.09. The molecule has 0 aliphatic rings. The summed E-state index contributed by atoms with van der Waals surface area (Å²) in [6, 6.07) is 11.7. The molecule has 28 heavy (non-hydrogen) atoms. The molecule has 9 heteroatoms. The number of para-hydroxylation sites is 1. The number of amides is 1. The molecule has 1 aromatic heterocycles. The SMILES string of the molecule is CCOc1ccccc1C(=O)Nc1nc2ccc(S(=O)(=O)N(C)CC)cc2s1. The molecule has 2 aromatic carbocycles. The van der Waals surface area contributed by atoms with Crippen LogP contribution in [0.4, 0.5) is 5.13 Å². The highest BCUT2D eigenvalue weighted by molar-refractivity contribution is 7.89. The Kier molecular flexibility index (Phi) is 5.97. The number of hydrogen-bond acceptors (Lipinski definition) is 6. The van der Waals surface area contributed by atoms with Gasteiger partial charge in [0.25, 0.3) is 5.91 Å². The van der Waals surface area contributed by atoms with Gasteiger partial charge in [-0.15, -0.1) is 0 Å². The fourth-order valence-electron chi connectivity index (χ4n) is 2.57. The fraction of sp³-hybridized carbons (Fsp3) is 0.263. The van der Waals surface area contributed by atoms with Crippen LogP contribution in [-0.4, -0.2) is 43.8 Å². The number of hydrogen-bond donors (Lipinski definition) is 1. The summed E-state index contributed by atoms with van der Waals surface area (Å²) < 4.78 is 32.5. The number of thiazole rings is 1. The zero-order valence-electron chi connectivity index (χ0n) is 15.8. The summed E-state index contributed by atoms with van der Waals surface area (Å²) in [5.74, 6) is 0.168. The van der Waals surface area contributed by atoms with Gasteiger partial charge < -0.3 is 4.74 Å². The first-order chi connectivity index (χ1) is 13.4. The second-order valence-electron chi connectivity index (χ2n) is 5.95. The van der Waals surface area contributed by atoms with Crippen molar-refractivity contribution in [3.05, 3.63) is 48.0 Å². The maximum Gasteiger partial charge on any atom is 0.261 e. The molecule has 1 heterocycles. The van der Waals surface area contributed by atoms with Gasteiger partial charge in [-0.05, 0) is 37.3 Å². The van der Waals surface area contributed by atoms with E-state index in [1.54, 1.807) is 43.3 Å². The molecule has 0 aliphatic heterocycles. The quantitative estimate of drug-likeness (QED) is 0.632. The molecular weight excluding hydrogens is 398 g/mol.